The molecule has 0 spiro atoms. The molecule has 0 atom stereocenters. The highest BCUT2D eigenvalue weighted by atomic mass is 35.5. The van der Waals surface area contributed by atoms with Gasteiger partial charge in [0.2, 0.25) is 5.79 Å². The molecule has 1 aliphatic heterocycles. The van der Waals surface area contributed by atoms with E-state index in [1.165, 1.54) is 0 Å². The molecule has 14 heavy (non-hydrogen) atoms. The fourth-order valence-corrected chi connectivity index (χ4v) is 1.90. The van der Waals surface area contributed by atoms with Gasteiger partial charge in [0.25, 0.3) is 0 Å². The highest BCUT2D eigenvalue weighted by Gasteiger charge is 2.32. The summed E-state index contributed by atoms with van der Waals surface area (Å²) in [5.41, 5.74) is 0.855. The van der Waals surface area contributed by atoms with Gasteiger partial charge in [0.1, 0.15) is 0 Å². The van der Waals surface area contributed by atoms with Crippen LogP contribution in [-0.4, -0.2) is 5.79 Å². The van der Waals surface area contributed by atoms with E-state index in [4.69, 9.17) is 32.7 Å². The van der Waals surface area contributed by atoms with Crippen molar-refractivity contribution in [1.82, 2.24) is 0 Å². The number of ether oxygens (including phenoxy) is 2. The normalized spacial score (nSPS) is 17.1. The Bertz CT molecular complexity index is 375. The van der Waals surface area contributed by atoms with Gasteiger partial charge in [-0.15, -0.1) is 11.6 Å². The van der Waals surface area contributed by atoms with Crippen LogP contribution in [0.5, 0.6) is 11.5 Å². The zero-order valence-corrected chi connectivity index (χ0v) is 9.45. The van der Waals surface area contributed by atoms with Crippen molar-refractivity contribution in [3.05, 3.63) is 22.7 Å². The van der Waals surface area contributed by atoms with Crippen molar-refractivity contribution in [3.63, 3.8) is 0 Å². The second-order valence-corrected chi connectivity index (χ2v) is 4.30. The van der Waals surface area contributed by atoms with Gasteiger partial charge in [0, 0.05) is 30.8 Å². The summed E-state index contributed by atoms with van der Waals surface area (Å²) in [4.78, 5) is 0. The molecule has 2 rings (SSSR count). The van der Waals surface area contributed by atoms with E-state index >= 15 is 0 Å². The van der Waals surface area contributed by atoms with Gasteiger partial charge < -0.3 is 9.47 Å². The lowest BCUT2D eigenvalue weighted by Gasteiger charge is -2.16. The van der Waals surface area contributed by atoms with Gasteiger partial charge in [-0.25, -0.2) is 0 Å². The van der Waals surface area contributed by atoms with Crippen molar-refractivity contribution in [1.29, 1.82) is 0 Å². The lowest BCUT2D eigenvalue weighted by Crippen LogP contribution is -2.29. The van der Waals surface area contributed by atoms with E-state index in [2.05, 4.69) is 0 Å². The van der Waals surface area contributed by atoms with Crippen LogP contribution in [0.1, 0.15) is 19.4 Å². The third-order valence-corrected chi connectivity index (χ3v) is 2.61. The monoisotopic (exact) mass is 232 g/mol. The first-order valence-electron chi connectivity index (χ1n) is 4.28. The predicted molar refractivity (Wildman–Crippen MR) is 56.3 cm³/mol. The minimum Gasteiger partial charge on any atom is -0.449 e. The van der Waals surface area contributed by atoms with Crippen LogP contribution in [0, 0.1) is 0 Å². The van der Waals surface area contributed by atoms with Gasteiger partial charge in [-0.3, -0.25) is 0 Å². The van der Waals surface area contributed by atoms with Gasteiger partial charge in [-0.1, -0.05) is 11.6 Å². The second kappa shape index (κ2) is 3.21. The molecule has 1 aromatic rings. The highest BCUT2D eigenvalue weighted by molar-refractivity contribution is 6.32. The van der Waals surface area contributed by atoms with Gasteiger partial charge in [-0.05, 0) is 11.6 Å². The average molecular weight is 233 g/mol. The maximum Gasteiger partial charge on any atom is 0.246 e. The smallest absolute Gasteiger partial charge is 0.246 e. The summed E-state index contributed by atoms with van der Waals surface area (Å²) >= 11 is 11.7. The van der Waals surface area contributed by atoms with E-state index in [0.29, 0.717) is 22.4 Å². The third kappa shape index (κ3) is 1.64. The number of alkyl halides is 1. The van der Waals surface area contributed by atoms with Crippen LogP contribution < -0.4 is 9.47 Å². The van der Waals surface area contributed by atoms with Crippen molar-refractivity contribution in [2.75, 3.05) is 0 Å². The Morgan fingerprint density at radius 2 is 1.79 bits per heavy atom. The van der Waals surface area contributed by atoms with Crippen LogP contribution in [0.15, 0.2) is 12.1 Å². The topological polar surface area (TPSA) is 18.5 Å². The van der Waals surface area contributed by atoms with Gasteiger partial charge >= 0.3 is 0 Å². The first-order chi connectivity index (χ1) is 6.52. The average Bonchev–Trinajstić information content (AvgIpc) is 2.36. The molecule has 0 fully saturated rings. The fraction of sp³-hybridized carbons (Fsp3) is 0.400. The lowest BCUT2D eigenvalue weighted by atomic mass is 10.2. The van der Waals surface area contributed by atoms with Crippen molar-refractivity contribution in [3.8, 4) is 11.5 Å². The summed E-state index contributed by atoms with van der Waals surface area (Å²) in [7, 11) is 0. The highest BCUT2D eigenvalue weighted by Crippen LogP contribution is 2.42. The molecule has 1 heterocycles. The minimum absolute atomic E-state index is 0.371. The molecule has 0 aliphatic carbocycles. The van der Waals surface area contributed by atoms with Crippen molar-refractivity contribution in [2.24, 2.45) is 0 Å². The Kier molecular flexibility index (Phi) is 2.28. The Labute approximate surface area is 92.7 Å². The van der Waals surface area contributed by atoms with Crippen LogP contribution in [0.2, 0.25) is 5.02 Å². The quantitative estimate of drug-likeness (QED) is 0.690. The summed E-state index contributed by atoms with van der Waals surface area (Å²) in [6.07, 6.45) is 0. The summed E-state index contributed by atoms with van der Waals surface area (Å²) in [6.45, 7) is 3.70. The van der Waals surface area contributed by atoms with E-state index in [1.54, 1.807) is 6.07 Å². The predicted octanol–water partition coefficient (Wildman–Crippen LogP) is 3.59. The minimum atomic E-state index is -0.614. The van der Waals surface area contributed by atoms with Crippen LogP contribution in [0.25, 0.3) is 0 Å². The first kappa shape index (κ1) is 9.94. The fourth-order valence-electron chi connectivity index (χ4n) is 1.39. The molecule has 0 radical (unpaired) electrons. The Hall–Kier alpha value is -0.600. The summed E-state index contributed by atoms with van der Waals surface area (Å²) in [5, 5.41) is 0.611. The molecule has 1 aromatic carbocycles. The molecule has 1 aliphatic rings. The van der Waals surface area contributed by atoms with Gasteiger partial charge in [0.15, 0.2) is 11.5 Å². The SMILES string of the molecule is CC1(C)Oc2cc(Cl)c(CCl)cc2O1. The number of hydrogen-bond acceptors (Lipinski definition) is 2. The van der Waals surface area contributed by atoms with E-state index in [9.17, 15) is 0 Å². The molecule has 4 heteroatoms. The molecule has 0 unspecified atom stereocenters. The van der Waals surface area contributed by atoms with Crippen molar-refractivity contribution < 1.29 is 9.47 Å². The Balaban J connectivity index is 2.44. The molecule has 0 saturated heterocycles. The lowest BCUT2D eigenvalue weighted by molar-refractivity contribution is -0.0431. The molecule has 0 aromatic heterocycles. The largest absolute Gasteiger partial charge is 0.449 e. The van der Waals surface area contributed by atoms with Crippen LogP contribution >= 0.6 is 23.2 Å². The molecular formula is C10H10Cl2O2. The summed E-state index contributed by atoms with van der Waals surface area (Å²) in [6, 6.07) is 3.56. The van der Waals surface area contributed by atoms with E-state index in [1.807, 2.05) is 19.9 Å². The maximum absolute atomic E-state index is 5.98. The first-order valence-corrected chi connectivity index (χ1v) is 5.19. The maximum atomic E-state index is 5.98. The van der Waals surface area contributed by atoms with E-state index < -0.39 is 5.79 Å². The zero-order chi connectivity index (χ0) is 10.3. The van der Waals surface area contributed by atoms with Crippen LogP contribution in [0.4, 0.5) is 0 Å². The van der Waals surface area contributed by atoms with Gasteiger partial charge in [0.05, 0.1) is 0 Å². The molecule has 2 nitrogen and oxygen atoms in total. The Morgan fingerprint density at radius 1 is 1.21 bits per heavy atom. The van der Waals surface area contributed by atoms with Crippen molar-refractivity contribution in [2.45, 2.75) is 25.5 Å². The molecule has 0 saturated carbocycles. The molecule has 76 valence electrons. The van der Waals surface area contributed by atoms with Crippen molar-refractivity contribution >= 4 is 23.2 Å². The van der Waals surface area contributed by atoms with E-state index in [-0.39, 0.29) is 0 Å². The molecule has 0 bridgehead atoms. The molecule has 0 amide bonds. The summed E-state index contributed by atoms with van der Waals surface area (Å²) < 4.78 is 11.1. The Morgan fingerprint density at radius 3 is 2.36 bits per heavy atom. The number of fused-ring (bicyclic) bond motifs is 1. The number of hydrogen-bond donors (Lipinski definition) is 0. The van der Waals surface area contributed by atoms with E-state index in [0.717, 1.165) is 5.56 Å². The number of benzene rings is 1. The standard InChI is InChI=1S/C10H10Cl2O2/c1-10(2)13-8-3-6(5-11)7(12)4-9(8)14-10/h3-4H,5H2,1-2H3. The third-order valence-electron chi connectivity index (χ3n) is 1.97. The van der Waals surface area contributed by atoms with Crippen LogP contribution in [0.3, 0.4) is 0 Å². The van der Waals surface area contributed by atoms with Gasteiger partial charge in [-0.2, -0.15) is 0 Å². The number of halogens is 2. The molecule has 0 N–H and O–H groups in total. The zero-order valence-electron chi connectivity index (χ0n) is 7.93. The molecular weight excluding hydrogens is 223 g/mol. The summed E-state index contributed by atoms with van der Waals surface area (Å²) in [5.74, 6) is 1.14. The second-order valence-electron chi connectivity index (χ2n) is 3.63. The number of rotatable bonds is 1. The van der Waals surface area contributed by atoms with Crippen LogP contribution in [-0.2, 0) is 5.88 Å².